The maximum atomic E-state index is 13.2. The Hall–Kier alpha value is -1.60. The van der Waals surface area contributed by atoms with Gasteiger partial charge in [0.15, 0.2) is 5.84 Å². The Bertz CT molecular complexity index is 613. The molecule has 19 heavy (non-hydrogen) atoms. The van der Waals surface area contributed by atoms with Crippen molar-refractivity contribution in [1.29, 1.82) is 0 Å². The van der Waals surface area contributed by atoms with Crippen LogP contribution in [0.3, 0.4) is 0 Å². The lowest BCUT2D eigenvalue weighted by Crippen LogP contribution is -2.15. The summed E-state index contributed by atoms with van der Waals surface area (Å²) in [5, 5.41) is 13.6. The van der Waals surface area contributed by atoms with Crippen LogP contribution in [0.5, 0.6) is 0 Å². The zero-order chi connectivity index (χ0) is 13.8. The Balaban J connectivity index is 2.20. The molecule has 0 saturated carbocycles. The molecule has 1 aromatic heterocycles. The van der Waals surface area contributed by atoms with Crippen molar-refractivity contribution in [3.05, 3.63) is 46.2 Å². The molecule has 0 bridgehead atoms. The monoisotopic (exact) mass is 297 g/mol. The van der Waals surface area contributed by atoms with Gasteiger partial charge in [-0.3, -0.25) is 0 Å². The topological polar surface area (TPSA) is 71.5 Å². The molecule has 0 atom stereocenters. The second-order valence-corrected chi connectivity index (χ2v) is 5.91. The van der Waals surface area contributed by atoms with Crippen LogP contribution in [-0.2, 0) is 5.75 Å². The Morgan fingerprint density at radius 3 is 3.00 bits per heavy atom. The van der Waals surface area contributed by atoms with Gasteiger partial charge in [0.2, 0.25) is 0 Å². The number of oxime groups is 1. The van der Waals surface area contributed by atoms with E-state index in [2.05, 4.69) is 10.1 Å². The van der Waals surface area contributed by atoms with Crippen molar-refractivity contribution in [2.24, 2.45) is 10.9 Å². The van der Waals surface area contributed by atoms with Crippen molar-refractivity contribution in [3.8, 4) is 0 Å². The van der Waals surface area contributed by atoms with Gasteiger partial charge in [-0.15, -0.1) is 11.3 Å². The van der Waals surface area contributed by atoms with Crippen LogP contribution in [0, 0.1) is 12.7 Å². The van der Waals surface area contributed by atoms with Gasteiger partial charge in [0.05, 0.1) is 0 Å². The van der Waals surface area contributed by atoms with E-state index in [0.29, 0.717) is 11.3 Å². The molecule has 0 spiro atoms. The summed E-state index contributed by atoms with van der Waals surface area (Å²) in [6.07, 6.45) is 0. The molecular weight excluding hydrogens is 285 g/mol. The van der Waals surface area contributed by atoms with Crippen LogP contribution in [0.2, 0.25) is 0 Å². The van der Waals surface area contributed by atoms with Gasteiger partial charge in [0.25, 0.3) is 0 Å². The third-order valence-corrected chi connectivity index (χ3v) is 4.59. The number of aryl methyl sites for hydroxylation is 1. The van der Waals surface area contributed by atoms with Gasteiger partial charge in [0.1, 0.15) is 10.2 Å². The summed E-state index contributed by atoms with van der Waals surface area (Å²) in [5.41, 5.74) is 7.73. The van der Waals surface area contributed by atoms with E-state index in [1.54, 1.807) is 17.4 Å². The van der Waals surface area contributed by atoms with Crippen molar-refractivity contribution in [3.63, 3.8) is 0 Å². The molecule has 0 amide bonds. The van der Waals surface area contributed by atoms with Gasteiger partial charge in [0, 0.05) is 22.4 Å². The van der Waals surface area contributed by atoms with E-state index >= 15 is 0 Å². The first-order chi connectivity index (χ1) is 9.10. The maximum absolute atomic E-state index is 13.2. The highest BCUT2D eigenvalue weighted by Crippen LogP contribution is 2.27. The summed E-state index contributed by atoms with van der Waals surface area (Å²) >= 11 is 3.09. The van der Waals surface area contributed by atoms with E-state index in [-0.39, 0.29) is 5.84 Å². The van der Waals surface area contributed by atoms with Crippen molar-refractivity contribution in [2.75, 3.05) is 0 Å². The van der Waals surface area contributed by atoms with Gasteiger partial charge < -0.3 is 10.9 Å². The number of thioether (sulfide) groups is 1. The highest BCUT2D eigenvalue weighted by molar-refractivity contribution is 8.00. The molecular formula is C12H12FN3OS2. The summed E-state index contributed by atoms with van der Waals surface area (Å²) in [7, 11) is 0. The van der Waals surface area contributed by atoms with Gasteiger partial charge in [-0.2, -0.15) is 0 Å². The average molecular weight is 297 g/mol. The highest BCUT2D eigenvalue weighted by Gasteiger charge is 2.10. The summed E-state index contributed by atoms with van der Waals surface area (Å²) in [6.45, 7) is 1.93. The minimum atomic E-state index is -0.416. The SMILES string of the molecule is Cc1csc(SCc2ccc(F)cc2C(N)=NO)n1. The lowest BCUT2D eigenvalue weighted by molar-refractivity contribution is 0.318. The number of halogens is 1. The van der Waals surface area contributed by atoms with E-state index in [1.807, 2.05) is 12.3 Å². The minimum Gasteiger partial charge on any atom is -0.409 e. The Morgan fingerprint density at radius 2 is 2.37 bits per heavy atom. The zero-order valence-electron chi connectivity index (χ0n) is 10.1. The first-order valence-electron chi connectivity index (χ1n) is 5.41. The number of aromatic nitrogens is 1. The number of nitrogens with two attached hydrogens (primary N) is 1. The van der Waals surface area contributed by atoms with Crippen molar-refractivity contribution >= 4 is 28.9 Å². The molecule has 1 heterocycles. The number of thiazole rings is 1. The Labute approximate surface area is 118 Å². The second kappa shape index (κ2) is 6.03. The van der Waals surface area contributed by atoms with Crippen LogP contribution in [0.1, 0.15) is 16.8 Å². The second-order valence-electron chi connectivity index (χ2n) is 3.83. The fourth-order valence-electron chi connectivity index (χ4n) is 1.51. The maximum Gasteiger partial charge on any atom is 0.170 e. The number of benzene rings is 1. The van der Waals surface area contributed by atoms with Crippen LogP contribution in [0.4, 0.5) is 4.39 Å². The first kappa shape index (κ1) is 13.8. The minimum absolute atomic E-state index is 0.0922. The van der Waals surface area contributed by atoms with Gasteiger partial charge >= 0.3 is 0 Å². The summed E-state index contributed by atoms with van der Waals surface area (Å²) in [4.78, 5) is 4.33. The molecule has 0 aliphatic carbocycles. The molecule has 1 aromatic carbocycles. The predicted octanol–water partition coefficient (Wildman–Crippen LogP) is 2.98. The number of nitrogens with zero attached hydrogens (tertiary/aromatic N) is 2. The van der Waals surface area contributed by atoms with Crippen LogP contribution in [0.25, 0.3) is 0 Å². The number of amidine groups is 1. The predicted molar refractivity (Wildman–Crippen MR) is 75.3 cm³/mol. The average Bonchev–Trinajstić information content (AvgIpc) is 2.82. The summed E-state index contributed by atoms with van der Waals surface area (Å²) in [6, 6.07) is 4.26. The van der Waals surface area contributed by atoms with Crippen LogP contribution in [-0.4, -0.2) is 16.0 Å². The Morgan fingerprint density at radius 1 is 1.58 bits per heavy atom. The van der Waals surface area contributed by atoms with Gasteiger partial charge in [-0.25, -0.2) is 9.37 Å². The third kappa shape index (κ3) is 3.45. The van der Waals surface area contributed by atoms with E-state index in [0.717, 1.165) is 15.6 Å². The van der Waals surface area contributed by atoms with Crippen LogP contribution >= 0.6 is 23.1 Å². The van der Waals surface area contributed by atoms with E-state index in [4.69, 9.17) is 10.9 Å². The highest BCUT2D eigenvalue weighted by atomic mass is 32.2. The normalized spacial score (nSPS) is 11.8. The van der Waals surface area contributed by atoms with Crippen LogP contribution < -0.4 is 5.73 Å². The van der Waals surface area contributed by atoms with Gasteiger partial charge in [-0.05, 0) is 24.6 Å². The van der Waals surface area contributed by atoms with Crippen LogP contribution in [0.15, 0.2) is 33.1 Å². The summed E-state index contributed by atoms with van der Waals surface area (Å²) < 4.78 is 14.1. The molecule has 0 fully saturated rings. The molecule has 0 aliphatic rings. The molecule has 3 N–H and O–H groups in total. The molecule has 2 aromatic rings. The van der Waals surface area contributed by atoms with Crippen molar-refractivity contribution < 1.29 is 9.60 Å². The zero-order valence-corrected chi connectivity index (χ0v) is 11.8. The molecule has 4 nitrogen and oxygen atoms in total. The standard InChI is InChI=1S/C12H12FN3OS2/c1-7-5-18-12(15-7)19-6-8-2-3-9(13)4-10(8)11(14)16-17/h2-5,17H,6H2,1H3,(H2,14,16). The lowest BCUT2D eigenvalue weighted by atomic mass is 10.1. The molecule has 0 radical (unpaired) electrons. The number of rotatable bonds is 4. The fraction of sp³-hybridized carbons (Fsp3) is 0.167. The van der Waals surface area contributed by atoms with Crippen molar-refractivity contribution in [2.45, 2.75) is 17.0 Å². The smallest absolute Gasteiger partial charge is 0.170 e. The summed E-state index contributed by atoms with van der Waals surface area (Å²) in [5.74, 6) is 0.0737. The number of hydrogen-bond acceptors (Lipinski definition) is 5. The Kier molecular flexibility index (Phi) is 4.39. The molecule has 7 heteroatoms. The van der Waals surface area contributed by atoms with E-state index in [1.165, 1.54) is 23.9 Å². The molecule has 0 saturated heterocycles. The van der Waals surface area contributed by atoms with Gasteiger partial charge in [-0.1, -0.05) is 23.0 Å². The number of hydrogen-bond donors (Lipinski definition) is 2. The molecule has 0 unspecified atom stereocenters. The third-order valence-electron chi connectivity index (χ3n) is 2.40. The first-order valence-corrected chi connectivity index (χ1v) is 7.28. The lowest BCUT2D eigenvalue weighted by Gasteiger charge is -2.07. The fourth-order valence-corrected chi connectivity index (χ4v) is 3.36. The molecule has 0 aliphatic heterocycles. The molecule has 2 rings (SSSR count). The quantitative estimate of drug-likeness (QED) is 0.299. The molecule has 100 valence electrons. The largest absolute Gasteiger partial charge is 0.409 e. The van der Waals surface area contributed by atoms with E-state index < -0.39 is 5.82 Å². The van der Waals surface area contributed by atoms with E-state index in [9.17, 15) is 4.39 Å². The van der Waals surface area contributed by atoms with Crippen molar-refractivity contribution in [1.82, 2.24) is 4.98 Å².